The largest absolute Gasteiger partial charge is 0.393 e. The SMILES string of the molecule is [N-]=[N+]=N[C@]1(CO)O[C@@H](n2ccc(NC3CC3O)nc2=O)[C@@H](F)[C@@H]1O. The van der Waals surface area contributed by atoms with Gasteiger partial charge in [-0.15, -0.1) is 0 Å². The van der Waals surface area contributed by atoms with E-state index in [0.29, 0.717) is 6.42 Å². The van der Waals surface area contributed by atoms with Crippen molar-refractivity contribution < 1.29 is 24.4 Å². The molecule has 2 fully saturated rings. The monoisotopic (exact) mass is 342 g/mol. The Balaban J connectivity index is 1.86. The lowest BCUT2D eigenvalue weighted by atomic mass is 10.1. The number of halogens is 1. The Morgan fingerprint density at radius 2 is 2.33 bits per heavy atom. The van der Waals surface area contributed by atoms with E-state index >= 15 is 0 Å². The van der Waals surface area contributed by atoms with Gasteiger partial charge >= 0.3 is 5.69 Å². The van der Waals surface area contributed by atoms with Crippen molar-refractivity contribution in [1.29, 1.82) is 0 Å². The van der Waals surface area contributed by atoms with Crippen molar-refractivity contribution in [2.24, 2.45) is 5.11 Å². The highest BCUT2D eigenvalue weighted by molar-refractivity contribution is 5.36. The summed E-state index contributed by atoms with van der Waals surface area (Å²) in [5.74, 6) is 0.204. The maximum absolute atomic E-state index is 14.3. The van der Waals surface area contributed by atoms with Gasteiger partial charge in [0.1, 0.15) is 11.9 Å². The van der Waals surface area contributed by atoms with E-state index in [1.54, 1.807) is 0 Å². The zero-order chi connectivity index (χ0) is 17.5. The first-order valence-corrected chi connectivity index (χ1v) is 7.13. The Labute approximate surface area is 133 Å². The van der Waals surface area contributed by atoms with Crippen LogP contribution in [0.2, 0.25) is 0 Å². The number of aliphatic hydroxyl groups is 3. The molecule has 1 aliphatic carbocycles. The Hall–Kier alpha value is -2.24. The van der Waals surface area contributed by atoms with Gasteiger partial charge in [0.15, 0.2) is 12.4 Å². The van der Waals surface area contributed by atoms with E-state index < -0.39 is 42.6 Å². The third kappa shape index (κ3) is 2.70. The van der Waals surface area contributed by atoms with Crippen molar-refractivity contribution in [3.63, 3.8) is 0 Å². The lowest BCUT2D eigenvalue weighted by molar-refractivity contribution is -0.124. The second-order valence-corrected chi connectivity index (χ2v) is 5.65. The molecule has 0 aromatic carbocycles. The minimum absolute atomic E-state index is 0.182. The van der Waals surface area contributed by atoms with Gasteiger partial charge in [0.05, 0.1) is 18.8 Å². The van der Waals surface area contributed by atoms with Crippen LogP contribution in [-0.2, 0) is 4.74 Å². The van der Waals surface area contributed by atoms with Crippen LogP contribution in [0.3, 0.4) is 0 Å². The second-order valence-electron chi connectivity index (χ2n) is 5.65. The molecule has 2 aliphatic rings. The maximum atomic E-state index is 14.3. The minimum atomic E-state index is -2.21. The van der Waals surface area contributed by atoms with Crippen LogP contribution >= 0.6 is 0 Å². The van der Waals surface area contributed by atoms with Crippen LogP contribution in [0.15, 0.2) is 22.2 Å². The molecule has 11 nitrogen and oxygen atoms in total. The van der Waals surface area contributed by atoms with Crippen LogP contribution in [0.1, 0.15) is 12.6 Å². The summed E-state index contributed by atoms with van der Waals surface area (Å²) in [6.07, 6.45) is -4.44. The molecule has 0 bridgehead atoms. The first kappa shape index (κ1) is 16.6. The number of aromatic nitrogens is 2. The first-order valence-electron chi connectivity index (χ1n) is 7.13. The van der Waals surface area contributed by atoms with Gasteiger partial charge in [-0.25, -0.2) is 9.18 Å². The molecule has 1 aromatic rings. The summed E-state index contributed by atoms with van der Waals surface area (Å²) in [6.45, 7) is -0.962. The molecule has 1 aliphatic heterocycles. The maximum Gasteiger partial charge on any atom is 0.351 e. The second kappa shape index (κ2) is 6.00. The molecule has 0 spiro atoms. The number of rotatable bonds is 5. The number of anilines is 1. The van der Waals surface area contributed by atoms with Crippen molar-refractivity contribution in [1.82, 2.24) is 9.55 Å². The highest BCUT2D eigenvalue weighted by Gasteiger charge is 2.56. The van der Waals surface area contributed by atoms with E-state index in [1.165, 1.54) is 12.3 Å². The smallest absolute Gasteiger partial charge is 0.351 e. The molecule has 3 rings (SSSR count). The van der Waals surface area contributed by atoms with Crippen molar-refractivity contribution in [2.45, 2.75) is 42.8 Å². The predicted octanol–water partition coefficient (Wildman–Crippen LogP) is -0.985. The average molecular weight is 342 g/mol. The normalized spacial score (nSPS) is 37.8. The Bertz CT molecular complexity index is 739. The molecule has 0 radical (unpaired) electrons. The molecule has 2 heterocycles. The van der Waals surface area contributed by atoms with Gasteiger partial charge in [0.2, 0.25) is 5.72 Å². The molecule has 1 aromatic heterocycles. The number of nitrogens with zero attached hydrogens (tertiary/aromatic N) is 5. The van der Waals surface area contributed by atoms with E-state index in [1.807, 2.05) is 0 Å². The average Bonchev–Trinajstić information content (AvgIpc) is 3.19. The Morgan fingerprint density at radius 1 is 1.62 bits per heavy atom. The Kier molecular flexibility index (Phi) is 4.15. The fourth-order valence-electron chi connectivity index (χ4n) is 2.49. The van der Waals surface area contributed by atoms with E-state index in [0.717, 1.165) is 4.57 Å². The summed E-state index contributed by atoms with van der Waals surface area (Å²) >= 11 is 0. The van der Waals surface area contributed by atoms with Crippen molar-refractivity contribution in [3.8, 4) is 0 Å². The summed E-state index contributed by atoms with van der Waals surface area (Å²) < 4.78 is 20.3. The molecule has 1 saturated carbocycles. The molecular formula is C12H15FN6O5. The van der Waals surface area contributed by atoms with Crippen LogP contribution in [0.25, 0.3) is 10.4 Å². The summed E-state index contributed by atoms with van der Waals surface area (Å²) in [5.41, 5.74) is 5.42. The van der Waals surface area contributed by atoms with Crippen LogP contribution < -0.4 is 11.0 Å². The van der Waals surface area contributed by atoms with Gasteiger partial charge in [-0.3, -0.25) is 4.57 Å². The highest BCUT2D eigenvalue weighted by Crippen LogP contribution is 2.39. The fourth-order valence-corrected chi connectivity index (χ4v) is 2.49. The summed E-state index contributed by atoms with van der Waals surface area (Å²) in [6, 6.07) is 1.19. The van der Waals surface area contributed by atoms with Crippen LogP contribution in [0.5, 0.6) is 0 Å². The minimum Gasteiger partial charge on any atom is -0.393 e. The molecule has 6 atom stereocenters. The molecule has 1 saturated heterocycles. The van der Waals surface area contributed by atoms with Gasteiger partial charge < -0.3 is 25.4 Å². The van der Waals surface area contributed by atoms with Gasteiger partial charge in [-0.2, -0.15) is 4.98 Å². The first-order chi connectivity index (χ1) is 11.4. The van der Waals surface area contributed by atoms with Gasteiger partial charge in [0, 0.05) is 11.1 Å². The highest BCUT2D eigenvalue weighted by atomic mass is 19.1. The number of aliphatic hydroxyl groups excluding tert-OH is 3. The van der Waals surface area contributed by atoms with E-state index in [2.05, 4.69) is 20.3 Å². The molecule has 130 valence electrons. The molecule has 0 amide bonds. The lowest BCUT2D eigenvalue weighted by Crippen LogP contribution is -2.43. The number of hydrogen-bond acceptors (Lipinski definition) is 8. The van der Waals surface area contributed by atoms with Gasteiger partial charge in [-0.05, 0) is 18.0 Å². The summed E-state index contributed by atoms with van der Waals surface area (Å²) in [5, 5.41) is 34.4. The Morgan fingerprint density at radius 3 is 2.88 bits per heavy atom. The number of ether oxygens (including phenoxy) is 1. The fraction of sp³-hybridized carbons (Fsp3) is 0.667. The molecular weight excluding hydrogens is 327 g/mol. The zero-order valence-corrected chi connectivity index (χ0v) is 12.2. The molecule has 24 heavy (non-hydrogen) atoms. The number of alkyl halides is 1. The zero-order valence-electron chi connectivity index (χ0n) is 12.2. The molecule has 12 heteroatoms. The van der Waals surface area contributed by atoms with Crippen LogP contribution in [0.4, 0.5) is 10.2 Å². The van der Waals surface area contributed by atoms with Crippen LogP contribution in [-0.4, -0.2) is 61.6 Å². The number of azide groups is 1. The van der Waals surface area contributed by atoms with E-state index in [4.69, 9.17) is 10.3 Å². The standard InChI is InChI=1S/C12H15FN6O5/c13-8-9(22)12(4-20,17-18-14)24-10(8)19-2-1-7(16-11(19)23)15-5-3-6(5)21/h1-2,5-6,8-10,20-22H,3-4H2,(H,15,16,23)/t5?,6?,8-,9-,10+,12+/m0/s1. The predicted molar refractivity (Wildman–Crippen MR) is 76.5 cm³/mol. The molecule has 4 N–H and O–H groups in total. The van der Waals surface area contributed by atoms with E-state index in [9.17, 15) is 24.5 Å². The number of nitrogens with one attached hydrogen (secondary N) is 1. The van der Waals surface area contributed by atoms with Crippen molar-refractivity contribution >= 4 is 5.82 Å². The number of hydrogen-bond donors (Lipinski definition) is 4. The van der Waals surface area contributed by atoms with Crippen molar-refractivity contribution in [3.05, 3.63) is 33.2 Å². The third-order valence-corrected chi connectivity index (χ3v) is 4.00. The van der Waals surface area contributed by atoms with E-state index in [-0.39, 0.29) is 11.9 Å². The third-order valence-electron chi connectivity index (χ3n) is 4.00. The van der Waals surface area contributed by atoms with Crippen LogP contribution in [0, 0.1) is 0 Å². The molecule has 2 unspecified atom stereocenters. The summed E-state index contributed by atoms with van der Waals surface area (Å²) in [7, 11) is 0. The summed E-state index contributed by atoms with van der Waals surface area (Å²) in [4.78, 5) is 18.2. The lowest BCUT2D eigenvalue weighted by Gasteiger charge is -2.23. The van der Waals surface area contributed by atoms with Gasteiger partial charge in [-0.1, -0.05) is 5.11 Å². The van der Waals surface area contributed by atoms with Gasteiger partial charge in [0.25, 0.3) is 0 Å². The van der Waals surface area contributed by atoms with Crippen molar-refractivity contribution in [2.75, 3.05) is 11.9 Å². The topological polar surface area (TPSA) is 166 Å². The quantitative estimate of drug-likeness (QED) is 0.303.